The van der Waals surface area contributed by atoms with Crippen molar-refractivity contribution in [3.8, 4) is 0 Å². The summed E-state index contributed by atoms with van der Waals surface area (Å²) in [4.78, 5) is 4.09. The van der Waals surface area contributed by atoms with Gasteiger partial charge < -0.3 is 0 Å². The second-order valence-electron chi connectivity index (χ2n) is 2.36. The highest BCUT2D eigenvalue weighted by atomic mass is 32.1. The van der Waals surface area contributed by atoms with Crippen LogP contribution in [-0.2, 0) is 0 Å². The molecule has 0 aliphatic carbocycles. The van der Waals surface area contributed by atoms with Crippen molar-refractivity contribution < 1.29 is 0 Å². The Labute approximate surface area is 64.9 Å². The van der Waals surface area contributed by atoms with E-state index >= 15 is 0 Å². The van der Waals surface area contributed by atoms with Gasteiger partial charge in [0.15, 0.2) is 0 Å². The van der Waals surface area contributed by atoms with Gasteiger partial charge in [0.2, 0.25) is 4.77 Å². The SMILES string of the molecule is CCC(C)c1nc(=S)[nH][nH]1. The Morgan fingerprint density at radius 2 is 2.30 bits per heavy atom. The Bertz CT molecular complexity index is 249. The molecule has 1 atom stereocenters. The molecule has 1 heterocycles. The Balaban J connectivity index is 2.84. The van der Waals surface area contributed by atoms with E-state index in [0.29, 0.717) is 10.7 Å². The predicted molar refractivity (Wildman–Crippen MR) is 42.5 cm³/mol. The van der Waals surface area contributed by atoms with E-state index in [4.69, 9.17) is 12.2 Å². The number of rotatable bonds is 2. The van der Waals surface area contributed by atoms with Crippen LogP contribution in [0.3, 0.4) is 0 Å². The summed E-state index contributed by atoms with van der Waals surface area (Å²) in [6.45, 7) is 4.23. The normalized spacial score (nSPS) is 13.4. The zero-order valence-electron chi connectivity index (χ0n) is 6.14. The van der Waals surface area contributed by atoms with Crippen LogP contribution in [0, 0.1) is 4.77 Å². The molecular formula is C6H11N3S. The number of hydrogen-bond acceptors (Lipinski definition) is 2. The highest BCUT2D eigenvalue weighted by molar-refractivity contribution is 7.71. The summed E-state index contributed by atoms with van der Waals surface area (Å²) in [5.41, 5.74) is 0. The molecule has 0 aromatic carbocycles. The van der Waals surface area contributed by atoms with E-state index in [1.54, 1.807) is 0 Å². The highest BCUT2D eigenvalue weighted by Crippen LogP contribution is 2.11. The van der Waals surface area contributed by atoms with E-state index in [2.05, 4.69) is 29.0 Å². The Hall–Kier alpha value is -0.640. The number of aromatic nitrogens is 3. The third-order valence-corrected chi connectivity index (χ3v) is 1.79. The second-order valence-corrected chi connectivity index (χ2v) is 2.75. The van der Waals surface area contributed by atoms with Crippen LogP contribution in [0.15, 0.2) is 0 Å². The lowest BCUT2D eigenvalue weighted by atomic mass is 10.1. The van der Waals surface area contributed by atoms with Crippen molar-refractivity contribution in [3.05, 3.63) is 10.6 Å². The first kappa shape index (κ1) is 7.47. The lowest BCUT2D eigenvalue weighted by Crippen LogP contribution is -1.93. The van der Waals surface area contributed by atoms with Crippen LogP contribution in [0.1, 0.15) is 32.0 Å². The molecule has 1 aromatic heterocycles. The maximum Gasteiger partial charge on any atom is 0.213 e. The molecule has 1 aromatic rings. The van der Waals surface area contributed by atoms with Crippen LogP contribution in [0.4, 0.5) is 0 Å². The molecule has 2 N–H and O–H groups in total. The summed E-state index contributed by atoms with van der Waals surface area (Å²) in [5, 5.41) is 5.68. The summed E-state index contributed by atoms with van der Waals surface area (Å²) >= 11 is 4.80. The van der Waals surface area contributed by atoms with Crippen molar-refractivity contribution >= 4 is 12.2 Å². The fourth-order valence-electron chi connectivity index (χ4n) is 0.710. The summed E-state index contributed by atoms with van der Waals surface area (Å²) < 4.78 is 0.537. The number of hydrogen-bond donors (Lipinski definition) is 2. The molecule has 1 unspecified atom stereocenters. The van der Waals surface area contributed by atoms with Crippen molar-refractivity contribution in [3.63, 3.8) is 0 Å². The van der Waals surface area contributed by atoms with Gasteiger partial charge in [0.1, 0.15) is 5.82 Å². The van der Waals surface area contributed by atoms with Gasteiger partial charge in [-0.1, -0.05) is 13.8 Å². The molecule has 10 heavy (non-hydrogen) atoms. The topological polar surface area (TPSA) is 44.5 Å². The number of nitrogens with one attached hydrogen (secondary N) is 2. The molecule has 0 aliphatic heterocycles. The molecule has 56 valence electrons. The van der Waals surface area contributed by atoms with Crippen LogP contribution < -0.4 is 0 Å². The molecule has 0 bridgehead atoms. The van der Waals surface area contributed by atoms with E-state index in [1.165, 1.54) is 0 Å². The molecule has 4 heteroatoms. The predicted octanol–water partition coefficient (Wildman–Crippen LogP) is 1.98. The first-order chi connectivity index (χ1) is 4.74. The third-order valence-electron chi connectivity index (χ3n) is 1.60. The van der Waals surface area contributed by atoms with Crippen molar-refractivity contribution in [1.82, 2.24) is 15.2 Å². The minimum atomic E-state index is 0.466. The van der Waals surface area contributed by atoms with E-state index in [0.717, 1.165) is 12.2 Å². The van der Waals surface area contributed by atoms with Gasteiger partial charge in [-0.2, -0.15) is 0 Å². The van der Waals surface area contributed by atoms with Gasteiger partial charge in [-0.25, -0.2) is 4.98 Å². The van der Waals surface area contributed by atoms with Crippen LogP contribution >= 0.6 is 12.2 Å². The van der Waals surface area contributed by atoms with E-state index < -0.39 is 0 Å². The van der Waals surface area contributed by atoms with Crippen LogP contribution in [0.25, 0.3) is 0 Å². The molecule has 0 radical (unpaired) electrons. The summed E-state index contributed by atoms with van der Waals surface area (Å²) in [7, 11) is 0. The van der Waals surface area contributed by atoms with Crippen LogP contribution in [0.5, 0.6) is 0 Å². The number of H-pyrrole nitrogens is 2. The molecule has 0 amide bonds. The summed E-state index contributed by atoms with van der Waals surface area (Å²) in [5.74, 6) is 1.42. The number of aromatic amines is 2. The molecule has 0 saturated carbocycles. The zero-order chi connectivity index (χ0) is 7.56. The van der Waals surface area contributed by atoms with E-state index in [1.807, 2.05) is 0 Å². The van der Waals surface area contributed by atoms with Crippen LogP contribution in [-0.4, -0.2) is 15.2 Å². The summed E-state index contributed by atoms with van der Waals surface area (Å²) in [6, 6.07) is 0. The molecule has 0 saturated heterocycles. The fourth-order valence-corrected chi connectivity index (χ4v) is 0.859. The number of nitrogens with zero attached hydrogens (tertiary/aromatic N) is 1. The van der Waals surface area contributed by atoms with Gasteiger partial charge in [-0.3, -0.25) is 10.2 Å². The second kappa shape index (κ2) is 2.96. The minimum Gasteiger partial charge on any atom is -0.285 e. The molecule has 1 rings (SSSR count). The molecule has 0 spiro atoms. The van der Waals surface area contributed by atoms with E-state index in [-0.39, 0.29) is 0 Å². The maximum atomic E-state index is 4.80. The average Bonchev–Trinajstić information content (AvgIpc) is 2.34. The lowest BCUT2D eigenvalue weighted by molar-refractivity contribution is 0.682. The maximum absolute atomic E-state index is 4.80. The zero-order valence-corrected chi connectivity index (χ0v) is 6.96. The first-order valence-electron chi connectivity index (χ1n) is 3.38. The quantitative estimate of drug-likeness (QED) is 0.645. The molecule has 0 aliphatic rings. The standard InChI is InChI=1S/C6H11N3S/c1-3-4(2)5-7-6(10)9-8-5/h4H,3H2,1-2H3,(H2,7,8,9,10). The largest absolute Gasteiger partial charge is 0.285 e. The molecule has 3 nitrogen and oxygen atoms in total. The molecule has 0 fully saturated rings. The lowest BCUT2D eigenvalue weighted by Gasteiger charge is -2.00. The van der Waals surface area contributed by atoms with Gasteiger partial charge in [0.05, 0.1) is 0 Å². The van der Waals surface area contributed by atoms with Gasteiger partial charge >= 0.3 is 0 Å². The minimum absolute atomic E-state index is 0.466. The first-order valence-corrected chi connectivity index (χ1v) is 3.79. The Morgan fingerprint density at radius 1 is 1.60 bits per heavy atom. The highest BCUT2D eigenvalue weighted by Gasteiger charge is 2.04. The Morgan fingerprint density at radius 3 is 2.70 bits per heavy atom. The fraction of sp³-hybridized carbons (Fsp3) is 0.667. The smallest absolute Gasteiger partial charge is 0.213 e. The average molecular weight is 157 g/mol. The van der Waals surface area contributed by atoms with Crippen molar-refractivity contribution in [2.45, 2.75) is 26.2 Å². The van der Waals surface area contributed by atoms with Crippen molar-refractivity contribution in [2.75, 3.05) is 0 Å². The van der Waals surface area contributed by atoms with Gasteiger partial charge in [0.25, 0.3) is 0 Å². The van der Waals surface area contributed by atoms with Gasteiger partial charge in [-0.05, 0) is 18.6 Å². The Kier molecular flexibility index (Phi) is 2.21. The van der Waals surface area contributed by atoms with Crippen molar-refractivity contribution in [1.29, 1.82) is 0 Å². The molecular weight excluding hydrogens is 146 g/mol. The third kappa shape index (κ3) is 1.44. The van der Waals surface area contributed by atoms with Gasteiger partial charge in [0, 0.05) is 5.92 Å². The van der Waals surface area contributed by atoms with E-state index in [9.17, 15) is 0 Å². The summed E-state index contributed by atoms with van der Waals surface area (Å²) in [6.07, 6.45) is 1.08. The monoisotopic (exact) mass is 157 g/mol. The van der Waals surface area contributed by atoms with Crippen molar-refractivity contribution in [2.24, 2.45) is 0 Å². The van der Waals surface area contributed by atoms with Crippen LogP contribution in [0.2, 0.25) is 0 Å². The van der Waals surface area contributed by atoms with Gasteiger partial charge in [-0.15, -0.1) is 0 Å².